The summed E-state index contributed by atoms with van der Waals surface area (Å²) in [5, 5.41) is 10.8. The number of hydrogen-bond acceptors (Lipinski definition) is 3. The molecule has 4 heteroatoms. The summed E-state index contributed by atoms with van der Waals surface area (Å²) in [6.07, 6.45) is 0. The van der Waals surface area contributed by atoms with Crippen molar-refractivity contribution in [1.29, 1.82) is 0 Å². The van der Waals surface area contributed by atoms with Gasteiger partial charge in [-0.1, -0.05) is 48.0 Å². The number of aryl methyl sites for hydroxylation is 1. The van der Waals surface area contributed by atoms with Crippen LogP contribution in [-0.2, 0) is 11.3 Å². The van der Waals surface area contributed by atoms with E-state index in [2.05, 4.69) is 0 Å². The fraction of sp³-hybridized carbons (Fsp3) is 0.235. The lowest BCUT2D eigenvalue weighted by molar-refractivity contribution is -0.143. The normalized spacial score (nSPS) is 17.4. The molecule has 1 aliphatic rings. The molecule has 0 spiro atoms. The highest BCUT2D eigenvalue weighted by atomic mass is 16.5. The number of carbonyl (C=O) groups is 1. The average molecular weight is 282 g/mol. The minimum Gasteiger partial charge on any atom is -0.313 e. The molecular weight excluding hydrogens is 264 g/mol. The number of benzene rings is 2. The molecule has 0 bridgehead atoms. The minimum atomic E-state index is -0.622. The monoisotopic (exact) mass is 282 g/mol. The molecule has 1 unspecified atom stereocenters. The van der Waals surface area contributed by atoms with Crippen LogP contribution in [0.3, 0.4) is 0 Å². The molecule has 2 aromatic rings. The molecule has 2 aromatic carbocycles. The summed E-state index contributed by atoms with van der Waals surface area (Å²) in [4.78, 5) is 14.4. The van der Waals surface area contributed by atoms with Gasteiger partial charge >= 0.3 is 0 Å². The summed E-state index contributed by atoms with van der Waals surface area (Å²) in [5.74, 6) is -0.0931. The van der Waals surface area contributed by atoms with Crippen LogP contribution in [0, 0.1) is 6.92 Å². The van der Waals surface area contributed by atoms with E-state index in [0.29, 0.717) is 6.54 Å². The van der Waals surface area contributed by atoms with Crippen molar-refractivity contribution in [1.82, 2.24) is 5.06 Å². The molecular formula is C17H18N2O2. The van der Waals surface area contributed by atoms with Crippen molar-refractivity contribution in [2.75, 3.05) is 11.9 Å². The van der Waals surface area contributed by atoms with Crippen LogP contribution in [0.15, 0.2) is 48.5 Å². The lowest BCUT2D eigenvalue weighted by Crippen LogP contribution is -2.34. The maximum atomic E-state index is 12.6. The average Bonchev–Trinajstić information content (AvgIpc) is 2.72. The van der Waals surface area contributed by atoms with Gasteiger partial charge in [0.15, 0.2) is 0 Å². The molecule has 1 amide bonds. The number of nitrogens with zero attached hydrogens (tertiary/aromatic N) is 2. The van der Waals surface area contributed by atoms with Crippen LogP contribution >= 0.6 is 0 Å². The fourth-order valence-electron chi connectivity index (χ4n) is 2.83. The molecule has 1 N–H and O–H groups in total. The van der Waals surface area contributed by atoms with Gasteiger partial charge in [0.2, 0.25) is 0 Å². The molecule has 0 fully saturated rings. The van der Waals surface area contributed by atoms with Crippen molar-refractivity contribution in [3.05, 3.63) is 65.2 Å². The Labute approximate surface area is 124 Å². The second-order valence-corrected chi connectivity index (χ2v) is 5.45. The third-order valence-corrected chi connectivity index (χ3v) is 3.83. The standard InChI is InChI=1S/C17H18N2O2/c1-12-8-9-15-14(10-12)16(18(2)21)17(20)19(15)11-13-6-4-3-5-7-13/h3-10,16,21H,11H2,1-2H3. The number of likely N-dealkylation sites (N-methyl/N-ethyl adjacent to an activating group) is 1. The van der Waals surface area contributed by atoms with Gasteiger partial charge in [0.05, 0.1) is 6.54 Å². The van der Waals surface area contributed by atoms with Gasteiger partial charge in [-0.05, 0) is 18.6 Å². The Morgan fingerprint density at radius 2 is 1.90 bits per heavy atom. The number of anilines is 1. The molecule has 1 atom stereocenters. The zero-order valence-corrected chi connectivity index (χ0v) is 12.2. The maximum Gasteiger partial charge on any atom is 0.251 e. The first-order valence-corrected chi connectivity index (χ1v) is 6.95. The molecule has 0 saturated carbocycles. The van der Waals surface area contributed by atoms with Crippen molar-refractivity contribution in [3.8, 4) is 0 Å². The smallest absolute Gasteiger partial charge is 0.251 e. The first-order chi connectivity index (χ1) is 10.1. The molecule has 1 aliphatic heterocycles. The molecule has 3 rings (SSSR count). The van der Waals surface area contributed by atoms with Crippen molar-refractivity contribution < 1.29 is 10.0 Å². The number of amides is 1. The van der Waals surface area contributed by atoms with E-state index in [0.717, 1.165) is 27.4 Å². The van der Waals surface area contributed by atoms with E-state index >= 15 is 0 Å². The van der Waals surface area contributed by atoms with Crippen LogP contribution in [0.2, 0.25) is 0 Å². The van der Waals surface area contributed by atoms with E-state index in [1.54, 1.807) is 4.90 Å². The van der Waals surface area contributed by atoms with Gasteiger partial charge in [0.1, 0.15) is 6.04 Å². The summed E-state index contributed by atoms with van der Waals surface area (Å²) >= 11 is 0. The number of rotatable bonds is 3. The SMILES string of the molecule is Cc1ccc2c(c1)C(N(C)O)C(=O)N2Cc1ccccc1. The highest BCUT2D eigenvalue weighted by Gasteiger charge is 2.39. The number of hydroxylamine groups is 2. The molecule has 0 saturated heterocycles. The number of carbonyl (C=O) groups excluding carboxylic acids is 1. The van der Waals surface area contributed by atoms with Crippen molar-refractivity contribution in [2.45, 2.75) is 19.5 Å². The van der Waals surface area contributed by atoms with Gasteiger partial charge in [-0.25, -0.2) is 0 Å². The van der Waals surface area contributed by atoms with Crippen molar-refractivity contribution >= 4 is 11.6 Å². The molecule has 0 aromatic heterocycles. The van der Waals surface area contributed by atoms with Gasteiger partial charge < -0.3 is 10.1 Å². The van der Waals surface area contributed by atoms with Crippen molar-refractivity contribution in [2.24, 2.45) is 0 Å². The highest BCUT2D eigenvalue weighted by Crippen LogP contribution is 2.39. The quantitative estimate of drug-likeness (QED) is 0.880. The molecule has 1 heterocycles. The Kier molecular flexibility index (Phi) is 3.49. The second-order valence-electron chi connectivity index (χ2n) is 5.45. The van der Waals surface area contributed by atoms with Gasteiger partial charge in [0, 0.05) is 18.3 Å². The van der Waals surface area contributed by atoms with Gasteiger partial charge in [-0.3, -0.25) is 4.79 Å². The number of fused-ring (bicyclic) bond motifs is 1. The lowest BCUT2D eigenvalue weighted by Gasteiger charge is -2.19. The molecule has 108 valence electrons. The van der Waals surface area contributed by atoms with E-state index in [-0.39, 0.29) is 5.91 Å². The predicted octanol–water partition coefficient (Wildman–Crippen LogP) is 2.90. The zero-order valence-electron chi connectivity index (χ0n) is 12.2. The summed E-state index contributed by atoms with van der Waals surface area (Å²) in [7, 11) is 1.51. The highest BCUT2D eigenvalue weighted by molar-refractivity contribution is 6.04. The Hall–Kier alpha value is -2.17. The van der Waals surface area contributed by atoms with Crippen LogP contribution in [0.5, 0.6) is 0 Å². The zero-order chi connectivity index (χ0) is 15.0. The molecule has 0 aliphatic carbocycles. The first-order valence-electron chi connectivity index (χ1n) is 6.95. The third-order valence-electron chi connectivity index (χ3n) is 3.83. The van der Waals surface area contributed by atoms with Gasteiger partial charge in [0.25, 0.3) is 5.91 Å². The van der Waals surface area contributed by atoms with E-state index in [4.69, 9.17) is 0 Å². The predicted molar refractivity (Wildman–Crippen MR) is 81.1 cm³/mol. The van der Waals surface area contributed by atoms with Crippen LogP contribution in [0.25, 0.3) is 0 Å². The summed E-state index contributed by atoms with van der Waals surface area (Å²) in [5.41, 5.74) is 3.88. The molecule has 4 nitrogen and oxygen atoms in total. The van der Waals surface area contributed by atoms with Crippen LogP contribution < -0.4 is 4.90 Å². The largest absolute Gasteiger partial charge is 0.313 e. The number of hydrogen-bond donors (Lipinski definition) is 1. The maximum absolute atomic E-state index is 12.6. The van der Waals surface area contributed by atoms with Crippen LogP contribution in [-0.4, -0.2) is 23.2 Å². The van der Waals surface area contributed by atoms with E-state index in [1.807, 2.05) is 55.5 Å². The summed E-state index contributed by atoms with van der Waals surface area (Å²) in [6.45, 7) is 2.50. The lowest BCUT2D eigenvalue weighted by atomic mass is 10.1. The van der Waals surface area contributed by atoms with E-state index < -0.39 is 6.04 Å². The second kappa shape index (κ2) is 5.31. The summed E-state index contributed by atoms with van der Waals surface area (Å²) < 4.78 is 0. The van der Waals surface area contributed by atoms with Gasteiger partial charge in [-0.2, -0.15) is 5.06 Å². The van der Waals surface area contributed by atoms with E-state index in [1.165, 1.54) is 7.05 Å². The molecule has 0 radical (unpaired) electrons. The molecule has 21 heavy (non-hydrogen) atoms. The topological polar surface area (TPSA) is 43.8 Å². The third kappa shape index (κ3) is 2.44. The Morgan fingerprint density at radius 3 is 2.57 bits per heavy atom. The Morgan fingerprint density at radius 1 is 1.19 bits per heavy atom. The van der Waals surface area contributed by atoms with Crippen LogP contribution in [0.1, 0.15) is 22.7 Å². The van der Waals surface area contributed by atoms with E-state index in [9.17, 15) is 10.0 Å². The minimum absolute atomic E-state index is 0.0931. The Bertz CT molecular complexity index is 668. The summed E-state index contributed by atoms with van der Waals surface area (Å²) in [6, 6.07) is 15.2. The first kappa shape index (κ1) is 13.8. The van der Waals surface area contributed by atoms with Crippen LogP contribution in [0.4, 0.5) is 5.69 Å². The van der Waals surface area contributed by atoms with Crippen molar-refractivity contribution in [3.63, 3.8) is 0 Å². The Balaban J connectivity index is 2.01. The van der Waals surface area contributed by atoms with Gasteiger partial charge in [-0.15, -0.1) is 0 Å². The fourth-order valence-corrected chi connectivity index (χ4v) is 2.83.